The molecule has 0 heterocycles. The van der Waals surface area contributed by atoms with E-state index in [9.17, 15) is 15.0 Å². The van der Waals surface area contributed by atoms with Gasteiger partial charge in [0.05, 0.1) is 12.2 Å². The van der Waals surface area contributed by atoms with Crippen molar-refractivity contribution in [2.24, 2.45) is 23.2 Å². The Labute approximate surface area is 201 Å². The number of aliphatic hydroxyl groups excluding tert-OH is 2. The molecule has 0 bridgehead atoms. The zero-order valence-electron chi connectivity index (χ0n) is 21.5. The van der Waals surface area contributed by atoms with Crippen molar-refractivity contribution in [1.82, 2.24) is 0 Å². The number of hydrogen-bond acceptors (Lipinski definition) is 4. The van der Waals surface area contributed by atoms with Crippen molar-refractivity contribution in [1.29, 1.82) is 0 Å². The third-order valence-electron chi connectivity index (χ3n) is 8.45. The standard InChI is InChI=1S/C29H46O4/c1-19(9-7-11-27(32)33-28(3,4)5)24-14-15-25-21(10-8-16-29(24,25)6)12-13-22-17-23(30)18-26(31)20(22)2/h12-13,19,23-26,30-31H,2,7-11,14-18H2,1,3-6H3/b21-12+,22-13-/t19-,23+,24-,25+,26+,29-/m1/s1. The maximum absolute atomic E-state index is 12.1. The Morgan fingerprint density at radius 3 is 2.70 bits per heavy atom. The summed E-state index contributed by atoms with van der Waals surface area (Å²) in [6.45, 7) is 14.7. The zero-order chi connectivity index (χ0) is 24.4. The Bertz CT molecular complexity index is 786. The number of fused-ring (bicyclic) bond motifs is 1. The molecule has 3 aliphatic carbocycles. The van der Waals surface area contributed by atoms with Crippen molar-refractivity contribution in [2.75, 3.05) is 0 Å². The van der Waals surface area contributed by atoms with Crippen LogP contribution >= 0.6 is 0 Å². The lowest BCUT2D eigenvalue weighted by Gasteiger charge is -2.44. The van der Waals surface area contributed by atoms with Crippen LogP contribution in [-0.4, -0.2) is 34.0 Å². The molecule has 0 aliphatic heterocycles. The highest BCUT2D eigenvalue weighted by Crippen LogP contribution is 2.59. The molecule has 0 unspecified atom stereocenters. The molecular weight excluding hydrogens is 412 g/mol. The smallest absolute Gasteiger partial charge is 0.306 e. The first kappa shape index (κ1) is 26.2. The van der Waals surface area contributed by atoms with Crippen LogP contribution in [0.25, 0.3) is 0 Å². The van der Waals surface area contributed by atoms with Gasteiger partial charge in [0, 0.05) is 12.8 Å². The van der Waals surface area contributed by atoms with Crippen molar-refractivity contribution in [3.63, 3.8) is 0 Å². The van der Waals surface area contributed by atoms with Gasteiger partial charge in [0.15, 0.2) is 0 Å². The molecule has 3 aliphatic rings. The molecule has 6 atom stereocenters. The fourth-order valence-corrected chi connectivity index (χ4v) is 6.84. The molecule has 0 spiro atoms. The molecule has 4 heteroatoms. The predicted octanol–water partition coefficient (Wildman–Crippen LogP) is 6.28. The number of carbonyl (C=O) groups is 1. The van der Waals surface area contributed by atoms with Gasteiger partial charge in [-0.3, -0.25) is 4.79 Å². The molecule has 186 valence electrons. The van der Waals surface area contributed by atoms with E-state index >= 15 is 0 Å². The number of rotatable bonds is 6. The number of hydrogen-bond donors (Lipinski definition) is 2. The zero-order valence-corrected chi connectivity index (χ0v) is 21.5. The van der Waals surface area contributed by atoms with Gasteiger partial charge in [-0.15, -0.1) is 0 Å². The van der Waals surface area contributed by atoms with Gasteiger partial charge < -0.3 is 14.9 Å². The second-order valence-corrected chi connectivity index (χ2v) is 12.1. The van der Waals surface area contributed by atoms with E-state index in [0.717, 1.165) is 30.4 Å². The summed E-state index contributed by atoms with van der Waals surface area (Å²) in [5.41, 5.74) is 3.19. The summed E-state index contributed by atoms with van der Waals surface area (Å²) in [5, 5.41) is 20.2. The first-order chi connectivity index (χ1) is 15.4. The summed E-state index contributed by atoms with van der Waals surface area (Å²) in [7, 11) is 0. The normalized spacial score (nSPS) is 36.2. The van der Waals surface area contributed by atoms with Crippen LogP contribution in [0.5, 0.6) is 0 Å². The van der Waals surface area contributed by atoms with Crippen LogP contribution in [-0.2, 0) is 9.53 Å². The molecule has 0 aromatic carbocycles. The molecule has 0 aromatic heterocycles. The average Bonchev–Trinajstić information content (AvgIpc) is 3.05. The summed E-state index contributed by atoms with van der Waals surface area (Å²) < 4.78 is 5.47. The maximum Gasteiger partial charge on any atom is 0.306 e. The van der Waals surface area contributed by atoms with E-state index in [4.69, 9.17) is 4.74 Å². The van der Waals surface area contributed by atoms with E-state index in [1.807, 2.05) is 20.8 Å². The SMILES string of the molecule is C=C1/C(=C\C=C2/CCC[C@]3(C)[C@@H]([C@H](C)CCCC(=O)OC(C)(C)C)CC[C@@H]23)C[C@H](O)C[C@@H]1O. The first-order valence-electron chi connectivity index (χ1n) is 13.1. The molecule has 2 N–H and O–H groups in total. The maximum atomic E-state index is 12.1. The van der Waals surface area contributed by atoms with Crippen LogP contribution < -0.4 is 0 Å². The molecule has 3 rings (SSSR count). The van der Waals surface area contributed by atoms with Crippen molar-refractivity contribution < 1.29 is 19.7 Å². The Hall–Kier alpha value is -1.39. The van der Waals surface area contributed by atoms with E-state index < -0.39 is 17.8 Å². The van der Waals surface area contributed by atoms with Crippen LogP contribution in [0.3, 0.4) is 0 Å². The van der Waals surface area contributed by atoms with E-state index in [0.29, 0.717) is 42.4 Å². The van der Waals surface area contributed by atoms with E-state index in [1.165, 1.54) is 31.3 Å². The highest BCUT2D eigenvalue weighted by atomic mass is 16.6. The molecule has 0 saturated heterocycles. The summed E-state index contributed by atoms with van der Waals surface area (Å²) in [4.78, 5) is 12.1. The van der Waals surface area contributed by atoms with E-state index in [-0.39, 0.29) is 5.97 Å². The lowest BCUT2D eigenvalue weighted by Crippen LogP contribution is -2.36. The van der Waals surface area contributed by atoms with Gasteiger partial charge in [-0.2, -0.15) is 0 Å². The minimum absolute atomic E-state index is 0.0827. The van der Waals surface area contributed by atoms with Crippen LogP contribution in [0.15, 0.2) is 35.5 Å². The fraction of sp³-hybridized carbons (Fsp3) is 0.759. The number of ether oxygens (including phenoxy) is 1. The third kappa shape index (κ3) is 6.39. The summed E-state index contributed by atoms with van der Waals surface area (Å²) in [5.74, 6) is 1.81. The van der Waals surface area contributed by atoms with Crippen LogP contribution in [0.1, 0.15) is 98.8 Å². The Morgan fingerprint density at radius 2 is 2.00 bits per heavy atom. The average molecular weight is 459 g/mol. The third-order valence-corrected chi connectivity index (χ3v) is 8.45. The van der Waals surface area contributed by atoms with Gasteiger partial charge in [0.25, 0.3) is 0 Å². The van der Waals surface area contributed by atoms with Gasteiger partial charge in [-0.05, 0) is 106 Å². The molecule has 0 amide bonds. The summed E-state index contributed by atoms with van der Waals surface area (Å²) >= 11 is 0. The summed E-state index contributed by atoms with van der Waals surface area (Å²) in [6.07, 6.45) is 12.9. The largest absolute Gasteiger partial charge is 0.460 e. The van der Waals surface area contributed by atoms with Crippen LogP contribution in [0, 0.1) is 23.2 Å². The molecule has 0 radical (unpaired) electrons. The number of carbonyl (C=O) groups excluding carboxylic acids is 1. The van der Waals surface area contributed by atoms with Gasteiger partial charge in [-0.25, -0.2) is 0 Å². The molecule has 4 nitrogen and oxygen atoms in total. The lowest BCUT2D eigenvalue weighted by atomic mass is 9.60. The van der Waals surface area contributed by atoms with E-state index in [2.05, 4.69) is 32.6 Å². The van der Waals surface area contributed by atoms with Crippen molar-refractivity contribution in [2.45, 2.75) is 117 Å². The highest BCUT2D eigenvalue weighted by molar-refractivity contribution is 5.69. The first-order valence-corrected chi connectivity index (χ1v) is 13.1. The molecule has 33 heavy (non-hydrogen) atoms. The van der Waals surface area contributed by atoms with Gasteiger partial charge in [-0.1, -0.05) is 38.2 Å². The molecular formula is C29H46O4. The number of esters is 1. The van der Waals surface area contributed by atoms with Gasteiger partial charge in [0.2, 0.25) is 0 Å². The van der Waals surface area contributed by atoms with Crippen molar-refractivity contribution >= 4 is 5.97 Å². The summed E-state index contributed by atoms with van der Waals surface area (Å²) in [6, 6.07) is 0. The lowest BCUT2D eigenvalue weighted by molar-refractivity contribution is -0.155. The fourth-order valence-electron chi connectivity index (χ4n) is 6.84. The van der Waals surface area contributed by atoms with Gasteiger partial charge in [0.1, 0.15) is 5.60 Å². The number of allylic oxidation sites excluding steroid dienone is 3. The Balaban J connectivity index is 1.63. The topological polar surface area (TPSA) is 66.8 Å². The Kier molecular flexibility index (Phi) is 8.32. The molecule has 3 saturated carbocycles. The van der Waals surface area contributed by atoms with E-state index in [1.54, 1.807) is 0 Å². The minimum Gasteiger partial charge on any atom is -0.460 e. The quantitative estimate of drug-likeness (QED) is 0.460. The second-order valence-electron chi connectivity index (χ2n) is 12.1. The minimum atomic E-state index is -0.632. The predicted molar refractivity (Wildman–Crippen MR) is 134 cm³/mol. The Morgan fingerprint density at radius 1 is 1.27 bits per heavy atom. The van der Waals surface area contributed by atoms with Crippen LogP contribution in [0.2, 0.25) is 0 Å². The van der Waals surface area contributed by atoms with Crippen molar-refractivity contribution in [3.05, 3.63) is 35.5 Å². The van der Waals surface area contributed by atoms with Crippen molar-refractivity contribution in [3.8, 4) is 0 Å². The molecule has 3 fully saturated rings. The number of aliphatic hydroxyl groups is 2. The monoisotopic (exact) mass is 458 g/mol. The highest BCUT2D eigenvalue weighted by Gasteiger charge is 2.50. The van der Waals surface area contributed by atoms with Crippen LogP contribution in [0.4, 0.5) is 0 Å². The van der Waals surface area contributed by atoms with Gasteiger partial charge >= 0.3 is 5.97 Å². The second kappa shape index (κ2) is 10.5. The molecule has 0 aromatic rings.